The molecule has 1 rings (SSSR count). The molecular weight excluding hydrogens is 255 g/mol. The summed E-state index contributed by atoms with van der Waals surface area (Å²) in [5.41, 5.74) is 5.05. The molecule has 1 aromatic carbocycles. The zero-order valence-electron chi connectivity index (χ0n) is 10.8. The fourth-order valence-corrected chi connectivity index (χ4v) is 0.645. The molecule has 17 heavy (non-hydrogen) atoms. The van der Waals surface area contributed by atoms with Crippen LogP contribution >= 0.6 is 0 Å². The van der Waals surface area contributed by atoms with Crippen molar-refractivity contribution in [2.24, 2.45) is 0 Å². The Hall–Kier alpha value is -1.06. The third-order valence-corrected chi connectivity index (χ3v) is 1.13. The minimum Gasteiger partial charge on any atom is -1.00 e. The van der Waals surface area contributed by atoms with Gasteiger partial charge in [0.25, 0.3) is 0 Å². The van der Waals surface area contributed by atoms with Crippen LogP contribution in [0, 0.1) is 0 Å². The van der Waals surface area contributed by atoms with E-state index in [4.69, 9.17) is 0 Å². The van der Waals surface area contributed by atoms with Crippen LogP contribution in [0.3, 0.4) is 0 Å². The predicted octanol–water partition coefficient (Wildman–Crippen LogP) is -2.78. The van der Waals surface area contributed by atoms with Gasteiger partial charge in [-0.1, -0.05) is 30.3 Å². The van der Waals surface area contributed by atoms with Crippen molar-refractivity contribution in [2.45, 2.75) is 6.54 Å². The van der Waals surface area contributed by atoms with Crippen molar-refractivity contribution in [3.05, 3.63) is 75.4 Å². The molecule has 7 N–H and O–H groups in total. The smallest absolute Gasteiger partial charge is 0.0997 e. The molecule has 0 radical (unpaired) electrons. The van der Waals surface area contributed by atoms with Gasteiger partial charge in [0, 0.05) is 5.56 Å². The lowest BCUT2D eigenvalue weighted by Crippen LogP contribution is -3.00. The van der Waals surface area contributed by atoms with Crippen molar-refractivity contribution in [2.75, 3.05) is 0 Å². The van der Waals surface area contributed by atoms with E-state index >= 15 is 0 Å². The fourth-order valence-electron chi connectivity index (χ4n) is 0.645. The summed E-state index contributed by atoms with van der Waals surface area (Å²) in [6.07, 6.45) is 0. The van der Waals surface area contributed by atoms with Crippen LogP contribution < -0.4 is 36.7 Å². The molecule has 0 aliphatic heterocycles. The first-order valence-electron chi connectivity index (χ1n) is 4.26. The minimum absolute atomic E-state index is 0. The lowest BCUT2D eigenvalue weighted by molar-refractivity contribution is -0.386. The van der Waals surface area contributed by atoms with Crippen LogP contribution in [0.5, 0.6) is 0 Å². The second kappa shape index (κ2) is 46.1. The molecule has 102 valence electrons. The third-order valence-electron chi connectivity index (χ3n) is 1.13. The van der Waals surface area contributed by atoms with Gasteiger partial charge >= 0.3 is 0 Å². The lowest BCUT2D eigenvalue weighted by Gasteiger charge is -1.87. The van der Waals surface area contributed by atoms with E-state index in [2.05, 4.69) is 57.3 Å². The topological polar surface area (TPSA) is 64.1 Å². The molecule has 2 nitrogen and oxygen atoms in total. The molecule has 0 atom stereocenters. The zero-order chi connectivity index (χ0) is 11.8. The first-order valence-corrected chi connectivity index (χ1v) is 4.26. The Bertz CT molecular complexity index is 189. The van der Waals surface area contributed by atoms with Crippen LogP contribution in [-0.2, 0) is 6.54 Å². The first-order chi connectivity index (χ1) is 6.93. The Morgan fingerprint density at radius 3 is 1.24 bits per heavy atom. The van der Waals surface area contributed by atoms with Gasteiger partial charge in [-0.25, -0.2) is 0 Å². The van der Waals surface area contributed by atoms with Crippen molar-refractivity contribution in [1.29, 1.82) is 0 Å². The van der Waals surface area contributed by atoms with Gasteiger partial charge in [0.2, 0.25) is 0 Å². The highest BCUT2D eigenvalue weighted by Gasteiger charge is 1.82. The summed E-state index contributed by atoms with van der Waals surface area (Å²) in [5.74, 6) is 0. The number of rotatable bonds is 1. The normalized spacial score (nSPS) is 5.00. The lowest BCUT2D eigenvalue weighted by atomic mass is 10.2. The molecule has 1 aromatic rings. The van der Waals surface area contributed by atoms with Crippen molar-refractivity contribution < 1.29 is 30.5 Å². The van der Waals surface area contributed by atoms with Crippen LogP contribution in [0.15, 0.2) is 69.8 Å². The van der Waals surface area contributed by atoms with E-state index in [1.807, 2.05) is 18.2 Å². The van der Waals surface area contributed by atoms with Gasteiger partial charge in [-0.05, 0) is 0 Å². The summed E-state index contributed by atoms with van der Waals surface area (Å²) in [6, 6.07) is 10.2. The van der Waals surface area contributed by atoms with E-state index in [-0.39, 0.29) is 31.0 Å². The van der Waals surface area contributed by atoms with Gasteiger partial charge in [0.05, 0.1) is 6.54 Å². The molecule has 0 saturated heterocycles. The maximum absolute atomic E-state index is 3.76. The SMILES string of the molecule is C=C.C=C.C=C.[Cl-].[Cl-].[NH3+]Cc1ccccc1.[NH4+]. The Balaban J connectivity index is -0.0000000299. The van der Waals surface area contributed by atoms with Crippen molar-refractivity contribution in [3.63, 3.8) is 0 Å². The summed E-state index contributed by atoms with van der Waals surface area (Å²) in [5, 5.41) is 0. The molecule has 0 amide bonds. The minimum atomic E-state index is 0. The first kappa shape index (κ1) is 36.0. The van der Waals surface area contributed by atoms with E-state index < -0.39 is 0 Å². The highest BCUT2D eigenvalue weighted by Crippen LogP contribution is 1.93. The van der Waals surface area contributed by atoms with Gasteiger partial charge in [-0.2, -0.15) is 0 Å². The van der Waals surface area contributed by atoms with Crippen LogP contribution in [0.25, 0.3) is 0 Å². The van der Waals surface area contributed by atoms with Crippen LogP contribution in [0.4, 0.5) is 0 Å². The average molecular weight is 281 g/mol. The molecule has 0 aliphatic rings. The monoisotopic (exact) mass is 280 g/mol. The molecule has 0 unspecified atom stereocenters. The number of hydrogen-bond acceptors (Lipinski definition) is 0. The summed E-state index contributed by atoms with van der Waals surface area (Å²) in [6.45, 7) is 18.9. The second-order valence-electron chi connectivity index (χ2n) is 1.74. The molecule has 0 fully saturated rings. The number of halogens is 2. The van der Waals surface area contributed by atoms with Crippen LogP contribution in [0.1, 0.15) is 5.56 Å². The number of quaternary nitrogens is 2. The van der Waals surface area contributed by atoms with Crippen LogP contribution in [-0.4, -0.2) is 0 Å². The maximum atomic E-state index is 3.76. The highest BCUT2D eigenvalue weighted by atomic mass is 35.5. The molecule has 0 heterocycles. The zero-order valence-corrected chi connectivity index (χ0v) is 12.3. The molecule has 0 spiro atoms. The van der Waals surface area contributed by atoms with Crippen molar-refractivity contribution >= 4 is 0 Å². The highest BCUT2D eigenvalue weighted by molar-refractivity contribution is 5.12. The maximum Gasteiger partial charge on any atom is 0.0997 e. The Morgan fingerprint density at radius 1 is 0.765 bits per heavy atom. The molecule has 4 heteroatoms. The Kier molecular flexibility index (Phi) is 97.5. The molecular formula is C13H26Cl2N2. The molecule has 0 bridgehead atoms. The summed E-state index contributed by atoms with van der Waals surface area (Å²) in [7, 11) is 0. The van der Waals surface area contributed by atoms with Crippen molar-refractivity contribution in [3.8, 4) is 0 Å². The Labute approximate surface area is 119 Å². The number of benzene rings is 1. The van der Waals surface area contributed by atoms with E-state index in [0.717, 1.165) is 6.54 Å². The van der Waals surface area contributed by atoms with Gasteiger partial charge in [-0.15, -0.1) is 39.5 Å². The molecule has 0 aliphatic carbocycles. The average Bonchev–Trinajstić information content (AvgIpc) is 2.37. The Morgan fingerprint density at radius 2 is 1.06 bits per heavy atom. The molecule has 0 aromatic heterocycles. The number of hydrogen-bond donors (Lipinski definition) is 2. The van der Waals surface area contributed by atoms with Crippen molar-refractivity contribution in [1.82, 2.24) is 6.15 Å². The van der Waals surface area contributed by atoms with E-state index in [9.17, 15) is 0 Å². The van der Waals surface area contributed by atoms with E-state index in [1.165, 1.54) is 5.56 Å². The van der Waals surface area contributed by atoms with Gasteiger partial charge in [0.1, 0.15) is 0 Å². The van der Waals surface area contributed by atoms with E-state index in [0.29, 0.717) is 0 Å². The summed E-state index contributed by atoms with van der Waals surface area (Å²) in [4.78, 5) is 0. The molecule has 0 saturated carbocycles. The van der Waals surface area contributed by atoms with Gasteiger partial charge in [-0.3, -0.25) is 0 Å². The quantitative estimate of drug-likeness (QED) is 0.523. The largest absolute Gasteiger partial charge is 1.00 e. The second-order valence-corrected chi connectivity index (χ2v) is 1.74. The van der Waals surface area contributed by atoms with Crippen LogP contribution in [0.2, 0.25) is 0 Å². The standard InChI is InChI=1S/C7H9N.3C2H4.2ClH.H3N/c8-6-7-4-2-1-3-5-7;3*1-2;;;/h1-5H,6,8H2;3*1-2H2;2*1H;1H3. The summed E-state index contributed by atoms with van der Waals surface area (Å²) >= 11 is 0. The van der Waals surface area contributed by atoms with Gasteiger partial charge in [0.15, 0.2) is 0 Å². The fraction of sp³-hybridized carbons (Fsp3) is 0.0769. The van der Waals surface area contributed by atoms with Gasteiger partial charge < -0.3 is 36.7 Å². The van der Waals surface area contributed by atoms with E-state index in [1.54, 1.807) is 0 Å². The third kappa shape index (κ3) is 31.3. The predicted molar refractivity (Wildman–Crippen MR) is 72.8 cm³/mol. The summed E-state index contributed by atoms with van der Waals surface area (Å²) < 4.78 is 0.